The highest BCUT2D eigenvalue weighted by molar-refractivity contribution is 7.89. The summed E-state index contributed by atoms with van der Waals surface area (Å²) in [5.74, 6) is -0.287. The quantitative estimate of drug-likeness (QED) is 0.302. The molecular formula is C34H43FN4O3S. The summed E-state index contributed by atoms with van der Waals surface area (Å²) in [5.41, 5.74) is 4.57. The number of rotatable bonds is 8. The molecule has 1 unspecified atom stereocenters. The fourth-order valence-corrected chi connectivity index (χ4v) is 8.26. The Hall–Kier alpha value is -2.85. The van der Waals surface area contributed by atoms with E-state index < -0.39 is 15.4 Å². The molecule has 3 aliphatic rings. The molecule has 2 aromatic carbocycles. The lowest BCUT2D eigenvalue weighted by molar-refractivity contribution is 0.0279. The van der Waals surface area contributed by atoms with Crippen LogP contribution in [0.1, 0.15) is 63.3 Å². The van der Waals surface area contributed by atoms with Crippen LogP contribution in [-0.2, 0) is 26.6 Å². The highest BCUT2D eigenvalue weighted by atomic mass is 32.2. The van der Waals surface area contributed by atoms with E-state index in [9.17, 15) is 12.8 Å². The van der Waals surface area contributed by atoms with Gasteiger partial charge in [0.2, 0.25) is 10.0 Å². The van der Waals surface area contributed by atoms with E-state index in [0.29, 0.717) is 44.0 Å². The smallest absolute Gasteiger partial charge is 0.243 e. The molecule has 230 valence electrons. The van der Waals surface area contributed by atoms with Crippen molar-refractivity contribution >= 4 is 16.1 Å². The molecule has 6 rings (SSSR count). The van der Waals surface area contributed by atoms with Gasteiger partial charge in [0.1, 0.15) is 5.82 Å². The summed E-state index contributed by atoms with van der Waals surface area (Å²) in [5, 5.41) is 4.66. The highest BCUT2D eigenvalue weighted by Gasteiger charge is 2.46. The summed E-state index contributed by atoms with van der Waals surface area (Å²) in [7, 11) is -3.69. The Kier molecular flexibility index (Phi) is 8.37. The molecule has 1 aliphatic carbocycles. The molecule has 1 atom stereocenters. The zero-order valence-corrected chi connectivity index (χ0v) is 26.4. The lowest BCUT2D eigenvalue weighted by Gasteiger charge is -2.46. The van der Waals surface area contributed by atoms with Crippen LogP contribution in [0.5, 0.6) is 0 Å². The average molecular weight is 607 g/mol. The highest BCUT2D eigenvalue weighted by Crippen LogP contribution is 2.45. The zero-order chi connectivity index (χ0) is 30.2. The fourth-order valence-electron chi connectivity index (χ4n) is 6.74. The van der Waals surface area contributed by atoms with Crippen molar-refractivity contribution < 1.29 is 17.5 Å². The van der Waals surface area contributed by atoms with E-state index in [-0.39, 0.29) is 11.2 Å². The van der Waals surface area contributed by atoms with Crippen molar-refractivity contribution in [1.82, 2.24) is 19.0 Å². The van der Waals surface area contributed by atoms with Gasteiger partial charge in [-0.1, -0.05) is 44.9 Å². The molecule has 0 radical (unpaired) electrons. The Bertz CT molecular complexity index is 1570. The second-order valence-electron chi connectivity index (χ2n) is 13.4. The topological polar surface area (TPSA) is 67.7 Å². The van der Waals surface area contributed by atoms with Gasteiger partial charge in [0.05, 0.1) is 35.7 Å². The van der Waals surface area contributed by atoms with Gasteiger partial charge < -0.3 is 9.64 Å². The first kappa shape index (κ1) is 30.2. The van der Waals surface area contributed by atoms with Gasteiger partial charge in [-0.25, -0.2) is 17.5 Å². The first-order valence-electron chi connectivity index (χ1n) is 15.5. The molecule has 43 heavy (non-hydrogen) atoms. The van der Waals surface area contributed by atoms with Crippen LogP contribution in [0, 0.1) is 11.2 Å². The Morgan fingerprint density at radius 2 is 1.70 bits per heavy atom. The molecule has 1 aromatic heterocycles. The maximum Gasteiger partial charge on any atom is 0.243 e. The molecule has 7 nitrogen and oxygen atoms in total. The van der Waals surface area contributed by atoms with Crippen molar-refractivity contribution in [3.8, 4) is 5.69 Å². The van der Waals surface area contributed by atoms with Crippen molar-refractivity contribution in [2.75, 3.05) is 45.9 Å². The van der Waals surface area contributed by atoms with Gasteiger partial charge in [-0.15, -0.1) is 0 Å². The monoisotopic (exact) mass is 606 g/mol. The Morgan fingerprint density at radius 3 is 2.40 bits per heavy atom. The number of halogens is 1. The van der Waals surface area contributed by atoms with Gasteiger partial charge >= 0.3 is 0 Å². The first-order chi connectivity index (χ1) is 20.5. The summed E-state index contributed by atoms with van der Waals surface area (Å²) in [4.78, 5) is 2.79. The Labute approximate surface area is 255 Å². The van der Waals surface area contributed by atoms with Crippen molar-refractivity contribution in [1.29, 1.82) is 0 Å². The van der Waals surface area contributed by atoms with Crippen LogP contribution >= 0.6 is 0 Å². The van der Waals surface area contributed by atoms with E-state index in [4.69, 9.17) is 4.74 Å². The van der Waals surface area contributed by atoms with E-state index in [2.05, 4.69) is 36.8 Å². The number of benzene rings is 2. The number of hydrogen-bond acceptors (Lipinski definition) is 5. The number of sulfonamides is 1. The van der Waals surface area contributed by atoms with Crippen molar-refractivity contribution in [3.05, 3.63) is 82.9 Å². The molecule has 2 fully saturated rings. The number of hydrogen-bond donors (Lipinski definition) is 0. The summed E-state index contributed by atoms with van der Waals surface area (Å²) in [6.07, 6.45) is 9.05. The molecule has 2 aliphatic heterocycles. The van der Waals surface area contributed by atoms with Gasteiger partial charge in [-0.3, -0.25) is 0 Å². The molecule has 0 saturated carbocycles. The minimum atomic E-state index is -3.69. The van der Waals surface area contributed by atoms with E-state index in [1.807, 2.05) is 23.0 Å². The number of ether oxygens (including phenoxy) is 1. The van der Waals surface area contributed by atoms with Crippen LogP contribution < -0.4 is 0 Å². The molecule has 0 N–H and O–H groups in total. The van der Waals surface area contributed by atoms with Gasteiger partial charge in [0.15, 0.2) is 0 Å². The van der Waals surface area contributed by atoms with Gasteiger partial charge in [0.25, 0.3) is 0 Å². The SMILES string of the molecule is CC(C)(C)c1ccc(S(=O)(=O)N2CCC3=Cc4c(cnn4-c4ccc(F)cc4)CC3(COCCN3CCCCC3)C2)cc1. The van der Waals surface area contributed by atoms with Crippen LogP contribution in [0.2, 0.25) is 0 Å². The normalized spacial score (nSPS) is 21.7. The van der Waals surface area contributed by atoms with Crippen LogP contribution in [0.15, 0.2) is 65.2 Å². The second kappa shape index (κ2) is 11.9. The van der Waals surface area contributed by atoms with Crippen molar-refractivity contribution in [3.63, 3.8) is 0 Å². The summed E-state index contributed by atoms with van der Waals surface area (Å²) >= 11 is 0. The zero-order valence-electron chi connectivity index (χ0n) is 25.6. The van der Waals surface area contributed by atoms with Gasteiger partial charge in [0, 0.05) is 25.0 Å². The molecule has 2 saturated heterocycles. The Balaban J connectivity index is 1.27. The van der Waals surface area contributed by atoms with Crippen LogP contribution in [0.3, 0.4) is 0 Å². The lowest BCUT2D eigenvalue weighted by atomic mass is 9.69. The van der Waals surface area contributed by atoms with E-state index in [1.165, 1.54) is 37.0 Å². The predicted octanol–water partition coefficient (Wildman–Crippen LogP) is 5.83. The minimum absolute atomic E-state index is 0.0547. The number of fused-ring (bicyclic) bond motifs is 2. The number of piperidine rings is 2. The maximum atomic E-state index is 14.0. The van der Waals surface area contributed by atoms with Crippen LogP contribution in [-0.4, -0.2) is 73.3 Å². The molecule has 9 heteroatoms. The molecule has 3 aromatic rings. The minimum Gasteiger partial charge on any atom is -0.379 e. The standard InChI is InChI=1S/C34H43FN4O3S/c1-33(2,3)27-7-13-31(14-8-27)43(40,41)38-18-15-28-21-32-26(23-36-39(32)30-11-9-29(35)10-12-30)22-34(28,24-38)25-42-20-19-37-16-5-4-6-17-37/h7-14,21,23H,4-6,15-20,22,24-25H2,1-3H3. The van der Waals surface area contributed by atoms with Crippen LogP contribution in [0.25, 0.3) is 11.8 Å². The maximum absolute atomic E-state index is 14.0. The fraction of sp³-hybridized carbons (Fsp3) is 0.500. The molecule has 0 amide bonds. The van der Waals surface area contributed by atoms with Gasteiger partial charge in [-0.2, -0.15) is 9.40 Å². The molecule has 0 spiro atoms. The molecular weight excluding hydrogens is 563 g/mol. The third-order valence-electron chi connectivity index (χ3n) is 9.32. The molecule has 3 heterocycles. The summed E-state index contributed by atoms with van der Waals surface area (Å²) in [6, 6.07) is 13.7. The van der Waals surface area contributed by atoms with E-state index in [0.717, 1.165) is 42.1 Å². The van der Waals surface area contributed by atoms with Gasteiger partial charge in [-0.05, 0) is 97.8 Å². The summed E-state index contributed by atoms with van der Waals surface area (Å²) < 4.78 is 51.5. The second-order valence-corrected chi connectivity index (χ2v) is 15.3. The van der Waals surface area contributed by atoms with E-state index >= 15 is 0 Å². The predicted molar refractivity (Wildman–Crippen MR) is 167 cm³/mol. The van der Waals surface area contributed by atoms with Crippen molar-refractivity contribution in [2.45, 2.75) is 63.2 Å². The number of nitrogens with zero attached hydrogens (tertiary/aromatic N) is 4. The van der Waals surface area contributed by atoms with E-state index in [1.54, 1.807) is 28.6 Å². The van der Waals surface area contributed by atoms with Crippen LogP contribution in [0.4, 0.5) is 4.39 Å². The average Bonchev–Trinajstić information content (AvgIpc) is 3.40. The third-order valence-corrected chi connectivity index (χ3v) is 11.2. The molecule has 0 bridgehead atoms. The first-order valence-corrected chi connectivity index (χ1v) is 16.9. The van der Waals surface area contributed by atoms with Crippen molar-refractivity contribution in [2.24, 2.45) is 5.41 Å². The largest absolute Gasteiger partial charge is 0.379 e. The summed E-state index contributed by atoms with van der Waals surface area (Å²) in [6.45, 7) is 11.3. The number of aromatic nitrogens is 2. The Morgan fingerprint density at radius 1 is 0.977 bits per heavy atom. The third kappa shape index (κ3) is 6.23. The lowest BCUT2D eigenvalue weighted by Crippen LogP contribution is -2.51. The number of likely N-dealkylation sites (tertiary alicyclic amines) is 1.